The van der Waals surface area contributed by atoms with E-state index in [1.54, 1.807) is 18.2 Å². The first kappa shape index (κ1) is 15.0. The van der Waals surface area contributed by atoms with Gasteiger partial charge in [0.1, 0.15) is 23.3 Å². The van der Waals surface area contributed by atoms with E-state index in [1.165, 1.54) is 7.11 Å². The van der Waals surface area contributed by atoms with Crippen molar-refractivity contribution in [1.82, 2.24) is 10.5 Å². The van der Waals surface area contributed by atoms with Crippen molar-refractivity contribution in [2.75, 3.05) is 7.11 Å². The summed E-state index contributed by atoms with van der Waals surface area (Å²) in [7, 11) is 1.53. The molecule has 0 spiro atoms. The molecule has 21 heavy (non-hydrogen) atoms. The Hall–Kier alpha value is -2.35. The molecule has 2 N–H and O–H groups in total. The Morgan fingerprint density at radius 3 is 2.81 bits per heavy atom. The number of carbonyl (C=O) groups excluding carboxylic acids is 1. The van der Waals surface area contributed by atoms with Gasteiger partial charge >= 0.3 is 5.97 Å². The summed E-state index contributed by atoms with van der Waals surface area (Å²) in [6.07, 6.45) is 1.02. The zero-order valence-corrected chi connectivity index (χ0v) is 12.5. The molecule has 1 aromatic heterocycles. The van der Waals surface area contributed by atoms with E-state index in [9.17, 15) is 9.59 Å². The average Bonchev–Trinajstić information content (AvgIpc) is 2.93. The van der Waals surface area contributed by atoms with E-state index >= 15 is 0 Å². The maximum absolute atomic E-state index is 12.1. The summed E-state index contributed by atoms with van der Waals surface area (Å²) < 4.78 is 10.2. The molecule has 0 saturated carbocycles. The monoisotopic (exact) mass is 354 g/mol. The van der Waals surface area contributed by atoms with E-state index in [0.717, 1.165) is 6.26 Å². The normalized spacial score (nSPS) is 10.2. The molecule has 0 saturated heterocycles. The molecule has 1 heterocycles. The number of methoxy groups -OCH3 is 1. The van der Waals surface area contributed by atoms with Crippen LogP contribution in [0.15, 0.2) is 33.5 Å². The predicted octanol–water partition coefficient (Wildman–Crippen LogP) is 2.07. The van der Waals surface area contributed by atoms with Gasteiger partial charge in [-0.3, -0.25) is 4.79 Å². The molecular formula is C13H11BrN2O5. The van der Waals surface area contributed by atoms with E-state index in [-0.39, 0.29) is 23.7 Å². The molecule has 7 nitrogen and oxygen atoms in total. The van der Waals surface area contributed by atoms with E-state index in [0.29, 0.717) is 15.8 Å². The van der Waals surface area contributed by atoms with Crippen LogP contribution in [0.3, 0.4) is 0 Å². The third kappa shape index (κ3) is 3.40. The summed E-state index contributed by atoms with van der Waals surface area (Å²) in [5, 5.41) is 15.0. The molecule has 0 atom stereocenters. The molecule has 0 bridgehead atoms. The number of benzene rings is 1. The van der Waals surface area contributed by atoms with Crippen molar-refractivity contribution in [2.45, 2.75) is 6.54 Å². The lowest BCUT2D eigenvalue weighted by Gasteiger charge is -2.07. The van der Waals surface area contributed by atoms with Crippen LogP contribution in [0.2, 0.25) is 0 Å². The van der Waals surface area contributed by atoms with E-state index < -0.39 is 5.97 Å². The summed E-state index contributed by atoms with van der Waals surface area (Å²) in [5.41, 5.74) is 0.473. The lowest BCUT2D eigenvalue weighted by atomic mass is 10.2. The molecular weight excluding hydrogens is 344 g/mol. The van der Waals surface area contributed by atoms with Crippen LogP contribution in [-0.4, -0.2) is 29.2 Å². The predicted molar refractivity (Wildman–Crippen MR) is 75.3 cm³/mol. The zero-order chi connectivity index (χ0) is 15.4. The van der Waals surface area contributed by atoms with Crippen LogP contribution in [0, 0.1) is 0 Å². The first-order valence-corrected chi connectivity index (χ1v) is 6.60. The molecule has 0 unspecified atom stereocenters. The van der Waals surface area contributed by atoms with Gasteiger partial charge in [-0.1, -0.05) is 5.16 Å². The molecule has 1 amide bonds. The van der Waals surface area contributed by atoms with Gasteiger partial charge in [-0.05, 0) is 34.1 Å². The van der Waals surface area contributed by atoms with Gasteiger partial charge < -0.3 is 19.7 Å². The minimum Gasteiger partial charge on any atom is -0.497 e. The number of carboxylic acids is 1. The summed E-state index contributed by atoms with van der Waals surface area (Å²) in [6.45, 7) is -0.0462. The fourth-order valence-electron chi connectivity index (χ4n) is 1.63. The number of carbonyl (C=O) groups is 2. The van der Waals surface area contributed by atoms with Crippen molar-refractivity contribution in [3.63, 3.8) is 0 Å². The van der Waals surface area contributed by atoms with Crippen molar-refractivity contribution in [3.05, 3.63) is 45.8 Å². The highest BCUT2D eigenvalue weighted by atomic mass is 79.9. The molecule has 0 aliphatic rings. The number of rotatable bonds is 5. The van der Waals surface area contributed by atoms with Crippen LogP contribution in [0.25, 0.3) is 0 Å². The van der Waals surface area contributed by atoms with Gasteiger partial charge in [0.2, 0.25) is 0 Å². The number of ether oxygens (including phenoxy) is 1. The summed E-state index contributed by atoms with van der Waals surface area (Å²) in [6, 6.07) is 4.91. The van der Waals surface area contributed by atoms with Crippen LogP contribution in [0.4, 0.5) is 0 Å². The van der Waals surface area contributed by atoms with Gasteiger partial charge in [0.15, 0.2) is 0 Å². The highest BCUT2D eigenvalue weighted by Crippen LogP contribution is 2.22. The number of nitrogens with one attached hydrogen (secondary N) is 1. The van der Waals surface area contributed by atoms with E-state index in [1.807, 2.05) is 0 Å². The van der Waals surface area contributed by atoms with Crippen LogP contribution >= 0.6 is 15.9 Å². The van der Waals surface area contributed by atoms with Crippen molar-refractivity contribution >= 4 is 27.8 Å². The third-order valence-corrected chi connectivity index (χ3v) is 3.37. The number of aromatic nitrogens is 1. The quantitative estimate of drug-likeness (QED) is 0.852. The van der Waals surface area contributed by atoms with Crippen molar-refractivity contribution in [1.29, 1.82) is 0 Å². The Morgan fingerprint density at radius 1 is 1.43 bits per heavy atom. The Kier molecular flexibility index (Phi) is 4.59. The first-order chi connectivity index (χ1) is 10.0. The average molecular weight is 355 g/mol. The number of hydrogen-bond acceptors (Lipinski definition) is 5. The lowest BCUT2D eigenvalue weighted by Crippen LogP contribution is -2.24. The second-order valence-electron chi connectivity index (χ2n) is 4.01. The molecule has 1 aromatic carbocycles. The van der Waals surface area contributed by atoms with Crippen molar-refractivity contribution in [2.24, 2.45) is 0 Å². The molecule has 0 radical (unpaired) electrons. The highest BCUT2D eigenvalue weighted by molar-refractivity contribution is 9.10. The fourth-order valence-corrected chi connectivity index (χ4v) is 2.17. The van der Waals surface area contributed by atoms with Gasteiger partial charge in [-0.15, -0.1) is 0 Å². The summed E-state index contributed by atoms with van der Waals surface area (Å²) >= 11 is 3.28. The molecule has 2 rings (SSSR count). The maximum Gasteiger partial charge on any atom is 0.341 e. The smallest absolute Gasteiger partial charge is 0.341 e. The number of nitrogens with zero attached hydrogens (tertiary/aromatic N) is 1. The van der Waals surface area contributed by atoms with Crippen molar-refractivity contribution in [3.8, 4) is 5.75 Å². The Labute approximate surface area is 128 Å². The largest absolute Gasteiger partial charge is 0.497 e. The van der Waals surface area contributed by atoms with Gasteiger partial charge in [-0.25, -0.2) is 4.79 Å². The molecule has 110 valence electrons. The lowest BCUT2D eigenvalue weighted by molar-refractivity contribution is 0.0694. The number of aromatic carboxylic acids is 1. The molecule has 8 heteroatoms. The van der Waals surface area contributed by atoms with Gasteiger partial charge in [0.25, 0.3) is 5.91 Å². The first-order valence-electron chi connectivity index (χ1n) is 5.81. The molecule has 0 aliphatic heterocycles. The summed E-state index contributed by atoms with van der Waals surface area (Å²) in [4.78, 5) is 22.9. The van der Waals surface area contributed by atoms with Crippen LogP contribution in [-0.2, 0) is 6.54 Å². The number of hydrogen-bond donors (Lipinski definition) is 2. The van der Waals surface area contributed by atoms with Crippen LogP contribution in [0.1, 0.15) is 26.4 Å². The SMILES string of the molecule is COc1ccc(C(=O)NCc2nocc2C(=O)O)c(Br)c1. The molecule has 0 aliphatic carbocycles. The second-order valence-corrected chi connectivity index (χ2v) is 4.86. The summed E-state index contributed by atoms with van der Waals surface area (Å²) in [5.74, 6) is -0.918. The van der Waals surface area contributed by atoms with Gasteiger partial charge in [0, 0.05) is 4.47 Å². The minimum absolute atomic E-state index is 0.0462. The Morgan fingerprint density at radius 2 is 2.19 bits per heavy atom. The van der Waals surface area contributed by atoms with Crippen LogP contribution < -0.4 is 10.1 Å². The van der Waals surface area contributed by atoms with Gasteiger partial charge in [-0.2, -0.15) is 0 Å². The second kappa shape index (κ2) is 6.40. The standard InChI is InChI=1S/C13H11BrN2O5/c1-20-7-2-3-8(10(14)4-7)12(17)15-5-11-9(13(18)19)6-21-16-11/h2-4,6H,5H2,1H3,(H,15,17)(H,18,19). The van der Waals surface area contributed by atoms with E-state index in [2.05, 4.69) is 30.9 Å². The Balaban J connectivity index is 2.08. The van der Waals surface area contributed by atoms with Crippen molar-refractivity contribution < 1.29 is 24.0 Å². The number of halogens is 1. The minimum atomic E-state index is -1.16. The highest BCUT2D eigenvalue weighted by Gasteiger charge is 2.16. The van der Waals surface area contributed by atoms with E-state index in [4.69, 9.17) is 9.84 Å². The third-order valence-electron chi connectivity index (χ3n) is 2.71. The number of carboxylic acid groups (broad SMARTS) is 1. The Bertz CT molecular complexity index is 683. The molecule has 0 fully saturated rings. The zero-order valence-electron chi connectivity index (χ0n) is 10.9. The molecule has 2 aromatic rings. The van der Waals surface area contributed by atoms with Crippen LogP contribution in [0.5, 0.6) is 5.75 Å². The van der Waals surface area contributed by atoms with Gasteiger partial charge in [0.05, 0.1) is 19.2 Å². The topological polar surface area (TPSA) is 102 Å². The fraction of sp³-hybridized carbons (Fsp3) is 0.154. The maximum atomic E-state index is 12.1. The number of amides is 1.